The van der Waals surface area contributed by atoms with E-state index in [2.05, 4.69) is 41.6 Å². The van der Waals surface area contributed by atoms with Gasteiger partial charge in [0, 0.05) is 11.5 Å². The van der Waals surface area contributed by atoms with Crippen molar-refractivity contribution in [2.75, 3.05) is 5.73 Å². The van der Waals surface area contributed by atoms with Crippen LogP contribution in [0.1, 0.15) is 5.69 Å². The van der Waals surface area contributed by atoms with Gasteiger partial charge in [0.1, 0.15) is 18.1 Å². The summed E-state index contributed by atoms with van der Waals surface area (Å²) in [6.45, 7) is 0.282. The van der Waals surface area contributed by atoms with E-state index in [0.717, 1.165) is 16.6 Å². The third kappa shape index (κ3) is 2.06. The molecule has 4 rings (SSSR count). The van der Waals surface area contributed by atoms with Gasteiger partial charge in [-0.3, -0.25) is 0 Å². The number of pyridine rings is 1. The number of halogens is 1. The van der Waals surface area contributed by atoms with Crippen LogP contribution < -0.4 is 10.5 Å². The first-order valence-corrected chi connectivity index (χ1v) is 7.16. The maximum absolute atomic E-state index is 5.83. The minimum atomic E-state index is 0.282. The molecule has 0 aliphatic carbocycles. The van der Waals surface area contributed by atoms with Crippen LogP contribution >= 0.6 is 16.1 Å². The van der Waals surface area contributed by atoms with Crippen LogP contribution in [0.25, 0.3) is 22.1 Å². The summed E-state index contributed by atoms with van der Waals surface area (Å²) in [5.74, 6) is 0.855. The van der Waals surface area contributed by atoms with E-state index in [1.54, 1.807) is 9.77 Å². The summed E-state index contributed by atoms with van der Waals surface area (Å²) in [5, 5.41) is 15.8. The molecule has 9 heteroatoms. The summed E-state index contributed by atoms with van der Waals surface area (Å²) in [6.07, 6.45) is 0. The molecule has 110 valence electrons. The predicted molar refractivity (Wildman–Crippen MR) is 84.5 cm³/mol. The Morgan fingerprint density at radius 1 is 1.32 bits per heavy atom. The highest BCUT2D eigenvalue weighted by atomic mass is 79.9. The van der Waals surface area contributed by atoms with Gasteiger partial charge in [-0.2, -0.15) is 8.81 Å². The van der Waals surface area contributed by atoms with Crippen LogP contribution in [-0.4, -0.2) is 29.2 Å². The maximum atomic E-state index is 5.83. The number of hydrogen-bond acceptors (Lipinski definition) is 6. The van der Waals surface area contributed by atoms with Crippen LogP contribution in [0, 0.1) is 0 Å². The quantitative estimate of drug-likeness (QED) is 0.579. The van der Waals surface area contributed by atoms with Gasteiger partial charge >= 0.3 is 0 Å². The Bertz CT molecular complexity index is 977. The number of para-hydroxylation sites is 1. The molecule has 0 atom stereocenters. The number of anilines is 1. The molecule has 8 nitrogen and oxygen atoms in total. The lowest BCUT2D eigenvalue weighted by atomic mass is 10.2. The zero-order valence-corrected chi connectivity index (χ0v) is 12.8. The minimum Gasteiger partial charge on any atom is -0.485 e. The minimum absolute atomic E-state index is 0.282. The van der Waals surface area contributed by atoms with Crippen LogP contribution in [-0.2, 0) is 6.61 Å². The zero-order chi connectivity index (χ0) is 15.1. The summed E-state index contributed by atoms with van der Waals surface area (Å²) in [4.78, 5) is 4.10. The summed E-state index contributed by atoms with van der Waals surface area (Å²) in [6, 6.07) is 9.50. The average Bonchev–Trinajstić information content (AvgIpc) is 3.10. The van der Waals surface area contributed by atoms with Crippen molar-refractivity contribution in [2.45, 2.75) is 6.61 Å². The van der Waals surface area contributed by atoms with Gasteiger partial charge in [0.15, 0.2) is 16.9 Å². The highest BCUT2D eigenvalue weighted by Gasteiger charge is 2.13. The molecule has 3 N–H and O–H groups in total. The number of nitrogens with two attached hydrogens (primary N) is 1. The number of nitrogens with zero attached hydrogens (tertiary/aromatic N) is 5. The van der Waals surface area contributed by atoms with Crippen molar-refractivity contribution in [1.29, 1.82) is 0 Å². The van der Waals surface area contributed by atoms with Crippen LogP contribution in [0.2, 0.25) is 0 Å². The smallest absolute Gasteiger partial charge is 0.181 e. The Morgan fingerprint density at radius 2 is 2.18 bits per heavy atom. The van der Waals surface area contributed by atoms with E-state index in [9.17, 15) is 0 Å². The number of hydrogen-bond donors (Lipinski definition) is 2. The van der Waals surface area contributed by atoms with Crippen molar-refractivity contribution < 1.29 is 4.74 Å². The molecule has 3 aromatic heterocycles. The number of rotatable bonds is 3. The second kappa shape index (κ2) is 4.95. The number of nitrogen functional groups attached to an aromatic ring is 1. The van der Waals surface area contributed by atoms with Crippen LogP contribution in [0.3, 0.4) is 0 Å². The lowest BCUT2D eigenvalue weighted by Gasteiger charge is -2.05. The van der Waals surface area contributed by atoms with Crippen molar-refractivity contribution in [3.63, 3.8) is 0 Å². The molecule has 0 amide bonds. The van der Waals surface area contributed by atoms with Crippen LogP contribution in [0.4, 0.5) is 5.82 Å². The Hall–Kier alpha value is -2.68. The average molecular weight is 360 g/mol. The van der Waals surface area contributed by atoms with E-state index in [1.165, 1.54) is 0 Å². The molecule has 0 unspecified atom stereocenters. The monoisotopic (exact) mass is 359 g/mol. The SMILES string of the molecule is Nc1cc(OCc2nn(Br)c3ccccc23)c2nn[nH]c2n1. The van der Waals surface area contributed by atoms with Gasteiger partial charge in [-0.05, 0) is 6.07 Å². The van der Waals surface area contributed by atoms with Crippen LogP contribution in [0.5, 0.6) is 5.75 Å². The second-order valence-corrected chi connectivity index (χ2v) is 5.34. The Kier molecular flexibility index (Phi) is 2.93. The van der Waals surface area contributed by atoms with E-state index in [4.69, 9.17) is 10.5 Å². The fourth-order valence-electron chi connectivity index (χ4n) is 2.29. The number of aromatic amines is 1. The summed E-state index contributed by atoms with van der Waals surface area (Å²) in [7, 11) is 0. The van der Waals surface area contributed by atoms with Gasteiger partial charge in [-0.25, -0.2) is 10.1 Å². The molecular formula is C13H10BrN7O. The number of ether oxygens (including phenoxy) is 1. The van der Waals surface area contributed by atoms with Gasteiger partial charge in [-0.1, -0.05) is 23.4 Å². The Labute approximate surface area is 132 Å². The third-order valence-electron chi connectivity index (χ3n) is 3.27. The molecule has 3 heterocycles. The maximum Gasteiger partial charge on any atom is 0.181 e. The molecule has 0 radical (unpaired) electrons. The Morgan fingerprint density at radius 3 is 3.09 bits per heavy atom. The van der Waals surface area contributed by atoms with Gasteiger partial charge in [0.2, 0.25) is 0 Å². The lowest BCUT2D eigenvalue weighted by Crippen LogP contribution is -2.00. The first-order valence-electron chi connectivity index (χ1n) is 6.45. The van der Waals surface area contributed by atoms with Crippen LogP contribution in [0.15, 0.2) is 30.3 Å². The zero-order valence-electron chi connectivity index (χ0n) is 11.2. The largest absolute Gasteiger partial charge is 0.485 e. The Balaban J connectivity index is 1.70. The standard InChI is InChI=1S/C13H10BrN7O/c14-21-9-4-2-1-3-7(9)8(19-21)6-22-10-5-11(15)16-13-12(10)17-20-18-13/h1-5H,6H2,(H3,15,16,17,18,20). The predicted octanol–water partition coefficient (Wildman–Crippen LogP) is 2.02. The van der Waals surface area contributed by atoms with Gasteiger partial charge in [0.25, 0.3) is 0 Å². The molecule has 0 aliphatic heterocycles. The van der Waals surface area contributed by atoms with E-state index < -0.39 is 0 Å². The van der Waals surface area contributed by atoms with Crippen molar-refractivity contribution in [3.8, 4) is 5.75 Å². The highest BCUT2D eigenvalue weighted by Crippen LogP contribution is 2.26. The number of nitrogens with one attached hydrogen (secondary N) is 1. The first kappa shape index (κ1) is 13.0. The van der Waals surface area contributed by atoms with Gasteiger partial charge in [0.05, 0.1) is 21.7 Å². The van der Waals surface area contributed by atoms with Gasteiger partial charge < -0.3 is 10.5 Å². The van der Waals surface area contributed by atoms with E-state index in [-0.39, 0.29) is 6.61 Å². The summed E-state index contributed by atoms with van der Waals surface area (Å²) >= 11 is 3.38. The number of aromatic nitrogens is 6. The fraction of sp³-hybridized carbons (Fsp3) is 0.0769. The van der Waals surface area contributed by atoms with E-state index in [1.807, 2.05) is 24.3 Å². The summed E-state index contributed by atoms with van der Waals surface area (Å²) < 4.78 is 7.47. The van der Waals surface area contributed by atoms with Crippen molar-refractivity contribution in [2.24, 2.45) is 0 Å². The van der Waals surface area contributed by atoms with E-state index >= 15 is 0 Å². The van der Waals surface area contributed by atoms with E-state index in [0.29, 0.717) is 22.7 Å². The number of H-pyrrole nitrogens is 1. The molecule has 0 spiro atoms. The van der Waals surface area contributed by atoms with Crippen molar-refractivity contribution in [3.05, 3.63) is 36.0 Å². The molecule has 0 saturated carbocycles. The molecule has 1 aromatic carbocycles. The molecular weight excluding hydrogens is 350 g/mol. The fourth-order valence-corrected chi connectivity index (χ4v) is 2.79. The highest BCUT2D eigenvalue weighted by molar-refractivity contribution is 9.08. The second-order valence-electron chi connectivity index (χ2n) is 4.67. The molecule has 0 aliphatic rings. The van der Waals surface area contributed by atoms with Crippen molar-refractivity contribution >= 4 is 44.0 Å². The normalized spacial score (nSPS) is 11.3. The number of fused-ring (bicyclic) bond motifs is 2. The van der Waals surface area contributed by atoms with Gasteiger partial charge in [-0.15, -0.1) is 5.10 Å². The first-order chi connectivity index (χ1) is 10.7. The molecule has 0 bridgehead atoms. The topological polar surface area (TPSA) is 108 Å². The molecule has 0 saturated heterocycles. The molecule has 22 heavy (non-hydrogen) atoms. The summed E-state index contributed by atoms with van der Waals surface area (Å²) in [5.41, 5.74) is 8.56. The third-order valence-corrected chi connectivity index (χ3v) is 3.81. The lowest BCUT2D eigenvalue weighted by molar-refractivity contribution is 0.305. The number of benzene rings is 1. The molecule has 4 aromatic rings. The molecule has 0 fully saturated rings. The van der Waals surface area contributed by atoms with Crippen molar-refractivity contribution in [1.82, 2.24) is 29.2 Å².